The Hall–Kier alpha value is -0.360. The average molecular weight is 309 g/mol. The zero-order valence-corrected chi connectivity index (χ0v) is 11.6. The van der Waals surface area contributed by atoms with Gasteiger partial charge in [0, 0.05) is 19.3 Å². The van der Waals surface area contributed by atoms with E-state index in [1.165, 1.54) is 0 Å². The van der Waals surface area contributed by atoms with Crippen molar-refractivity contribution in [3.63, 3.8) is 0 Å². The number of ether oxygens (including phenoxy) is 3. The predicted molar refractivity (Wildman–Crippen MR) is 67.5 cm³/mol. The number of hydrogen-bond acceptors (Lipinski definition) is 9. The van der Waals surface area contributed by atoms with Crippen molar-refractivity contribution in [3.8, 4) is 0 Å². The molecule has 0 bridgehead atoms. The molecule has 124 valence electrons. The maximum atomic E-state index is 9.85. The molecule has 9 nitrogen and oxygen atoms in total. The Labute approximate surface area is 122 Å². The molecule has 0 aromatic rings. The molecular weight excluding hydrogens is 286 g/mol. The highest BCUT2D eigenvalue weighted by Gasteiger charge is 2.38. The molecule has 2 saturated heterocycles. The van der Waals surface area contributed by atoms with Gasteiger partial charge in [-0.15, -0.1) is 0 Å². The lowest BCUT2D eigenvalue weighted by atomic mass is 10.0. The lowest BCUT2D eigenvalue weighted by molar-refractivity contribution is -0.283. The van der Waals surface area contributed by atoms with Gasteiger partial charge < -0.3 is 34.6 Å². The second-order valence-corrected chi connectivity index (χ2v) is 5.36. The third-order valence-electron chi connectivity index (χ3n) is 3.68. The summed E-state index contributed by atoms with van der Waals surface area (Å²) < 4.78 is 16.2. The summed E-state index contributed by atoms with van der Waals surface area (Å²) >= 11 is 0. The van der Waals surface area contributed by atoms with E-state index in [2.05, 4.69) is 4.84 Å². The molecule has 0 spiro atoms. The van der Waals surface area contributed by atoms with Gasteiger partial charge in [-0.1, -0.05) is 0 Å². The average Bonchev–Trinajstić information content (AvgIpc) is 2.47. The van der Waals surface area contributed by atoms with Gasteiger partial charge in [-0.25, -0.2) is 5.90 Å². The van der Waals surface area contributed by atoms with Gasteiger partial charge in [0.15, 0.2) is 12.6 Å². The van der Waals surface area contributed by atoms with E-state index < -0.39 is 43.1 Å². The summed E-state index contributed by atoms with van der Waals surface area (Å²) in [5.74, 6) is 5.02. The molecule has 0 amide bonds. The Balaban J connectivity index is 1.83. The summed E-state index contributed by atoms with van der Waals surface area (Å²) in [5.41, 5.74) is 0. The van der Waals surface area contributed by atoms with Crippen LogP contribution in [0.15, 0.2) is 0 Å². The van der Waals surface area contributed by atoms with Crippen LogP contribution in [0.3, 0.4) is 0 Å². The summed E-state index contributed by atoms with van der Waals surface area (Å²) in [6, 6.07) is 0. The minimum absolute atomic E-state index is 0.0619. The maximum absolute atomic E-state index is 9.85. The molecule has 21 heavy (non-hydrogen) atoms. The van der Waals surface area contributed by atoms with Crippen LogP contribution in [-0.4, -0.2) is 76.7 Å². The van der Waals surface area contributed by atoms with E-state index in [0.717, 1.165) is 0 Å². The van der Waals surface area contributed by atoms with Crippen molar-refractivity contribution >= 4 is 0 Å². The predicted octanol–water partition coefficient (Wildman–Crippen LogP) is -2.41. The molecule has 2 rings (SSSR count). The van der Waals surface area contributed by atoms with Crippen molar-refractivity contribution in [2.24, 2.45) is 5.90 Å². The molecule has 6 N–H and O–H groups in total. The molecule has 2 heterocycles. The van der Waals surface area contributed by atoms with Crippen molar-refractivity contribution in [2.45, 2.75) is 62.4 Å². The Morgan fingerprint density at radius 2 is 1.81 bits per heavy atom. The molecular formula is C12H23NO8. The number of aliphatic hydroxyl groups excluding tert-OH is 4. The number of aliphatic hydroxyl groups is 4. The molecule has 2 aliphatic rings. The summed E-state index contributed by atoms with van der Waals surface area (Å²) in [4.78, 5) is 4.53. The van der Waals surface area contributed by atoms with Crippen LogP contribution in [0.5, 0.6) is 0 Å². The fourth-order valence-corrected chi connectivity index (χ4v) is 2.52. The van der Waals surface area contributed by atoms with E-state index in [4.69, 9.17) is 25.2 Å². The molecule has 0 aliphatic carbocycles. The Morgan fingerprint density at radius 3 is 2.48 bits per heavy atom. The monoisotopic (exact) mass is 309 g/mol. The van der Waals surface area contributed by atoms with Gasteiger partial charge in [0.05, 0.1) is 31.5 Å². The minimum atomic E-state index is -1.13. The largest absolute Gasteiger partial charge is 0.394 e. The Kier molecular flexibility index (Phi) is 6.29. The minimum Gasteiger partial charge on any atom is -0.394 e. The highest BCUT2D eigenvalue weighted by Crippen LogP contribution is 2.24. The van der Waals surface area contributed by atoms with Crippen LogP contribution in [0.1, 0.15) is 19.3 Å². The molecule has 4 unspecified atom stereocenters. The first-order valence-electron chi connectivity index (χ1n) is 6.96. The van der Waals surface area contributed by atoms with Crippen molar-refractivity contribution in [2.75, 3.05) is 13.2 Å². The zero-order chi connectivity index (χ0) is 15.4. The van der Waals surface area contributed by atoms with Crippen LogP contribution in [-0.2, 0) is 19.0 Å². The van der Waals surface area contributed by atoms with Crippen molar-refractivity contribution in [3.05, 3.63) is 0 Å². The van der Waals surface area contributed by atoms with Crippen LogP contribution in [0, 0.1) is 0 Å². The van der Waals surface area contributed by atoms with Gasteiger partial charge in [-0.2, -0.15) is 0 Å². The van der Waals surface area contributed by atoms with Gasteiger partial charge in [-0.3, -0.25) is 4.84 Å². The second kappa shape index (κ2) is 7.77. The van der Waals surface area contributed by atoms with Crippen molar-refractivity contribution in [1.29, 1.82) is 0 Å². The first kappa shape index (κ1) is 17.0. The summed E-state index contributed by atoms with van der Waals surface area (Å²) in [6.45, 7) is -0.269. The Morgan fingerprint density at radius 1 is 1.05 bits per heavy atom. The first-order chi connectivity index (χ1) is 10.0. The van der Waals surface area contributed by atoms with Gasteiger partial charge >= 0.3 is 0 Å². The molecule has 0 radical (unpaired) electrons. The quantitative estimate of drug-likeness (QED) is 0.351. The van der Waals surface area contributed by atoms with Crippen molar-refractivity contribution in [1.82, 2.24) is 0 Å². The number of nitrogens with two attached hydrogens (primary N) is 1. The van der Waals surface area contributed by atoms with Crippen LogP contribution in [0.2, 0.25) is 0 Å². The van der Waals surface area contributed by atoms with Gasteiger partial charge in [-0.05, 0) is 0 Å². The topological polar surface area (TPSA) is 144 Å². The van der Waals surface area contributed by atoms with Gasteiger partial charge in [0.2, 0.25) is 0 Å². The molecule has 2 aliphatic heterocycles. The molecule has 9 heteroatoms. The normalized spacial score (nSPS) is 44.7. The lowest BCUT2D eigenvalue weighted by Gasteiger charge is -2.37. The van der Waals surface area contributed by atoms with E-state index in [1.807, 2.05) is 0 Å². The van der Waals surface area contributed by atoms with Gasteiger partial charge in [0.1, 0.15) is 12.2 Å². The number of rotatable bonds is 5. The first-order valence-corrected chi connectivity index (χ1v) is 6.96. The standard InChI is InChI=1S/C12H23NO8/c13-21-11-3-8(16)12(17)9(20-11)5-18-10-2-6(15)1-7(4-14)19-10/h6-12,14-17H,1-5,13H2/t6?,7?,8-,9?,10?,11-,12+/m1/s1. The molecule has 0 aromatic heterocycles. The van der Waals surface area contributed by atoms with Gasteiger partial charge in [0.25, 0.3) is 0 Å². The van der Waals surface area contributed by atoms with Crippen LogP contribution >= 0.6 is 0 Å². The molecule has 2 fully saturated rings. The molecule has 0 saturated carbocycles. The fourth-order valence-electron chi connectivity index (χ4n) is 2.52. The van der Waals surface area contributed by atoms with Crippen LogP contribution < -0.4 is 5.90 Å². The summed E-state index contributed by atoms with van der Waals surface area (Å²) in [6.07, 6.45) is -4.93. The van der Waals surface area contributed by atoms with E-state index >= 15 is 0 Å². The smallest absolute Gasteiger partial charge is 0.180 e. The molecule has 0 aromatic carbocycles. The Bertz CT molecular complexity index is 320. The van der Waals surface area contributed by atoms with Crippen LogP contribution in [0.25, 0.3) is 0 Å². The van der Waals surface area contributed by atoms with Crippen molar-refractivity contribution < 1.29 is 39.5 Å². The highest BCUT2D eigenvalue weighted by molar-refractivity contribution is 4.83. The molecule has 7 atom stereocenters. The summed E-state index contributed by atoms with van der Waals surface area (Å²) in [5, 5.41) is 38.3. The van der Waals surface area contributed by atoms with E-state index in [-0.39, 0.29) is 26.1 Å². The maximum Gasteiger partial charge on any atom is 0.180 e. The summed E-state index contributed by atoms with van der Waals surface area (Å²) in [7, 11) is 0. The van der Waals surface area contributed by atoms with E-state index in [9.17, 15) is 15.3 Å². The fraction of sp³-hybridized carbons (Fsp3) is 1.00. The third-order valence-corrected chi connectivity index (χ3v) is 3.68. The lowest BCUT2D eigenvalue weighted by Crippen LogP contribution is -2.52. The van der Waals surface area contributed by atoms with Crippen LogP contribution in [0.4, 0.5) is 0 Å². The van der Waals surface area contributed by atoms with E-state index in [0.29, 0.717) is 6.42 Å². The highest BCUT2D eigenvalue weighted by atomic mass is 16.8. The SMILES string of the molecule is NO[C@@H]1C[C@@H](O)[C@H](O)C(COC2CC(O)CC(CO)O2)O1. The van der Waals surface area contributed by atoms with E-state index in [1.54, 1.807) is 0 Å². The zero-order valence-electron chi connectivity index (χ0n) is 11.6. The second-order valence-electron chi connectivity index (χ2n) is 5.36. The number of hydrogen-bond donors (Lipinski definition) is 5. The third kappa shape index (κ3) is 4.55.